The van der Waals surface area contributed by atoms with Gasteiger partial charge >= 0.3 is 0 Å². The van der Waals surface area contributed by atoms with Gasteiger partial charge in [0.05, 0.1) is 12.7 Å². The van der Waals surface area contributed by atoms with Gasteiger partial charge in [-0.05, 0) is 43.9 Å². The summed E-state index contributed by atoms with van der Waals surface area (Å²) in [6, 6.07) is 7.49. The Balaban J connectivity index is 1.77. The van der Waals surface area contributed by atoms with Gasteiger partial charge in [-0.25, -0.2) is 4.68 Å². The SMILES string of the molecule is COc1ccc([C@@H]2C(C(=O)N3CCCCC3)=C(C)Nc3ncnn32)cc1. The van der Waals surface area contributed by atoms with Crippen LogP contribution in [0.5, 0.6) is 5.75 Å². The first-order chi connectivity index (χ1) is 12.7. The predicted octanol–water partition coefficient (Wildman–Crippen LogP) is 2.59. The van der Waals surface area contributed by atoms with E-state index in [1.807, 2.05) is 36.1 Å². The van der Waals surface area contributed by atoms with Crippen molar-refractivity contribution in [3.8, 4) is 5.75 Å². The van der Waals surface area contributed by atoms with Crippen LogP contribution in [-0.2, 0) is 4.79 Å². The first-order valence-electron chi connectivity index (χ1n) is 8.99. The van der Waals surface area contributed by atoms with Crippen LogP contribution in [0, 0.1) is 0 Å². The average Bonchev–Trinajstić information content (AvgIpc) is 3.15. The van der Waals surface area contributed by atoms with Crippen molar-refractivity contribution in [1.29, 1.82) is 0 Å². The molecule has 7 nitrogen and oxygen atoms in total. The molecule has 0 unspecified atom stereocenters. The molecule has 2 aliphatic heterocycles. The maximum absolute atomic E-state index is 13.3. The molecule has 1 aromatic heterocycles. The first-order valence-corrected chi connectivity index (χ1v) is 8.99. The highest BCUT2D eigenvalue weighted by molar-refractivity contribution is 5.96. The fraction of sp³-hybridized carbons (Fsp3) is 0.421. The number of fused-ring (bicyclic) bond motifs is 1. The van der Waals surface area contributed by atoms with Crippen LogP contribution in [0.1, 0.15) is 37.8 Å². The summed E-state index contributed by atoms with van der Waals surface area (Å²) in [5, 5.41) is 7.61. The van der Waals surface area contributed by atoms with Crippen LogP contribution < -0.4 is 10.1 Å². The normalized spacial score (nSPS) is 19.8. The highest BCUT2D eigenvalue weighted by atomic mass is 16.5. The van der Waals surface area contributed by atoms with Crippen LogP contribution in [0.25, 0.3) is 0 Å². The number of ether oxygens (including phenoxy) is 1. The van der Waals surface area contributed by atoms with E-state index in [1.54, 1.807) is 11.8 Å². The minimum Gasteiger partial charge on any atom is -0.497 e. The van der Waals surface area contributed by atoms with E-state index in [2.05, 4.69) is 15.4 Å². The second-order valence-corrected chi connectivity index (χ2v) is 6.72. The Labute approximate surface area is 152 Å². The lowest BCUT2D eigenvalue weighted by molar-refractivity contribution is -0.128. The molecule has 2 aliphatic rings. The molecule has 1 fully saturated rings. The molecular weight excluding hydrogens is 330 g/mol. The highest BCUT2D eigenvalue weighted by Crippen LogP contribution is 2.36. The van der Waals surface area contributed by atoms with E-state index >= 15 is 0 Å². The van der Waals surface area contributed by atoms with Crippen molar-refractivity contribution in [2.24, 2.45) is 0 Å². The number of amides is 1. The smallest absolute Gasteiger partial charge is 0.254 e. The van der Waals surface area contributed by atoms with Gasteiger partial charge < -0.3 is 15.0 Å². The monoisotopic (exact) mass is 353 g/mol. The van der Waals surface area contributed by atoms with E-state index in [-0.39, 0.29) is 11.9 Å². The molecule has 1 saturated heterocycles. The summed E-state index contributed by atoms with van der Waals surface area (Å²) < 4.78 is 7.05. The van der Waals surface area contributed by atoms with Crippen LogP contribution >= 0.6 is 0 Å². The Kier molecular flexibility index (Phi) is 4.36. The Morgan fingerprint density at radius 2 is 1.92 bits per heavy atom. The molecule has 26 heavy (non-hydrogen) atoms. The number of carbonyl (C=O) groups excluding carboxylic acids is 1. The molecule has 1 atom stereocenters. The summed E-state index contributed by atoms with van der Waals surface area (Å²) in [6.45, 7) is 3.57. The zero-order chi connectivity index (χ0) is 18.1. The van der Waals surface area contributed by atoms with Gasteiger partial charge in [-0.1, -0.05) is 12.1 Å². The van der Waals surface area contributed by atoms with Crippen molar-refractivity contribution in [1.82, 2.24) is 19.7 Å². The Bertz CT molecular complexity index is 834. The second-order valence-electron chi connectivity index (χ2n) is 6.72. The molecular formula is C19H23N5O2. The highest BCUT2D eigenvalue weighted by Gasteiger charge is 2.35. The number of benzene rings is 1. The molecule has 0 saturated carbocycles. The Morgan fingerprint density at radius 1 is 1.19 bits per heavy atom. The number of anilines is 1. The van der Waals surface area contributed by atoms with Gasteiger partial charge in [0.1, 0.15) is 18.1 Å². The predicted molar refractivity (Wildman–Crippen MR) is 97.9 cm³/mol. The summed E-state index contributed by atoms with van der Waals surface area (Å²) in [7, 11) is 1.64. The van der Waals surface area contributed by atoms with Gasteiger partial charge in [-0.2, -0.15) is 10.1 Å². The van der Waals surface area contributed by atoms with Gasteiger partial charge in [-0.3, -0.25) is 4.79 Å². The number of aromatic nitrogens is 3. The number of piperidine rings is 1. The number of rotatable bonds is 3. The first kappa shape index (κ1) is 16.6. The minimum absolute atomic E-state index is 0.0802. The standard InChI is InChI=1S/C19H23N5O2/c1-13-16(18(25)23-10-4-3-5-11-23)17(24-19(22-13)20-12-21-24)14-6-8-15(26-2)9-7-14/h6-9,12,17H,3-5,10-11H2,1-2H3,(H,20,21,22)/t17-/m1/s1. The molecule has 0 radical (unpaired) electrons. The van der Waals surface area contributed by atoms with Crippen LogP contribution in [0.15, 0.2) is 41.9 Å². The van der Waals surface area contributed by atoms with Crippen LogP contribution in [0.4, 0.5) is 5.95 Å². The van der Waals surface area contributed by atoms with E-state index in [0.29, 0.717) is 5.95 Å². The summed E-state index contributed by atoms with van der Waals surface area (Å²) in [6.07, 6.45) is 4.83. The number of nitrogens with one attached hydrogen (secondary N) is 1. The zero-order valence-corrected chi connectivity index (χ0v) is 15.1. The largest absolute Gasteiger partial charge is 0.497 e. The molecule has 0 bridgehead atoms. The molecule has 1 amide bonds. The van der Waals surface area contributed by atoms with Gasteiger partial charge in [0.25, 0.3) is 5.91 Å². The van der Waals surface area contributed by atoms with Gasteiger partial charge in [0.15, 0.2) is 0 Å². The second kappa shape index (κ2) is 6.82. The fourth-order valence-electron chi connectivity index (χ4n) is 3.73. The van der Waals surface area contributed by atoms with E-state index in [0.717, 1.165) is 48.5 Å². The Hall–Kier alpha value is -2.83. The van der Waals surface area contributed by atoms with E-state index in [1.165, 1.54) is 12.7 Å². The van der Waals surface area contributed by atoms with Crippen LogP contribution in [0.3, 0.4) is 0 Å². The van der Waals surface area contributed by atoms with Crippen molar-refractivity contribution in [2.75, 3.05) is 25.5 Å². The average molecular weight is 353 g/mol. The number of hydrogen-bond acceptors (Lipinski definition) is 5. The third-order valence-electron chi connectivity index (χ3n) is 5.10. The maximum atomic E-state index is 13.3. The lowest BCUT2D eigenvalue weighted by atomic mass is 9.94. The molecule has 1 N–H and O–H groups in total. The number of likely N-dealkylation sites (tertiary alicyclic amines) is 1. The van der Waals surface area contributed by atoms with Crippen LogP contribution in [-0.4, -0.2) is 45.8 Å². The number of allylic oxidation sites excluding steroid dienone is 1. The van der Waals surface area contributed by atoms with Gasteiger partial charge in [0, 0.05) is 18.8 Å². The van der Waals surface area contributed by atoms with Gasteiger partial charge in [0.2, 0.25) is 5.95 Å². The topological polar surface area (TPSA) is 72.3 Å². The van der Waals surface area contributed by atoms with Crippen molar-refractivity contribution in [3.63, 3.8) is 0 Å². The molecule has 136 valence electrons. The Morgan fingerprint density at radius 3 is 2.62 bits per heavy atom. The maximum Gasteiger partial charge on any atom is 0.254 e. The number of carbonyl (C=O) groups is 1. The minimum atomic E-state index is -0.297. The quantitative estimate of drug-likeness (QED) is 0.918. The molecule has 1 aromatic carbocycles. The lowest BCUT2D eigenvalue weighted by Gasteiger charge is -2.34. The molecule has 2 aromatic rings. The lowest BCUT2D eigenvalue weighted by Crippen LogP contribution is -2.40. The number of methoxy groups -OCH3 is 1. The molecule has 7 heteroatoms. The molecule has 3 heterocycles. The third kappa shape index (κ3) is 2.83. The van der Waals surface area contributed by atoms with Gasteiger partial charge in [-0.15, -0.1) is 0 Å². The molecule has 4 rings (SSSR count). The summed E-state index contributed by atoms with van der Waals surface area (Å²) >= 11 is 0. The summed E-state index contributed by atoms with van der Waals surface area (Å²) in [5.74, 6) is 1.52. The fourth-order valence-corrected chi connectivity index (χ4v) is 3.73. The molecule has 0 spiro atoms. The van der Waals surface area contributed by atoms with E-state index in [9.17, 15) is 4.79 Å². The summed E-state index contributed by atoms with van der Waals surface area (Å²) in [5.41, 5.74) is 2.55. The number of hydrogen-bond donors (Lipinski definition) is 1. The van der Waals surface area contributed by atoms with Crippen molar-refractivity contribution in [3.05, 3.63) is 47.4 Å². The van der Waals surface area contributed by atoms with E-state index in [4.69, 9.17) is 4.74 Å². The van der Waals surface area contributed by atoms with E-state index < -0.39 is 0 Å². The van der Waals surface area contributed by atoms with Crippen LogP contribution in [0.2, 0.25) is 0 Å². The number of nitrogens with zero attached hydrogens (tertiary/aromatic N) is 4. The summed E-state index contributed by atoms with van der Waals surface area (Å²) in [4.78, 5) is 19.6. The molecule has 0 aliphatic carbocycles. The zero-order valence-electron chi connectivity index (χ0n) is 15.1. The van der Waals surface area contributed by atoms with Crippen molar-refractivity contribution < 1.29 is 9.53 Å². The third-order valence-corrected chi connectivity index (χ3v) is 5.10. The van der Waals surface area contributed by atoms with Crippen molar-refractivity contribution >= 4 is 11.9 Å². The van der Waals surface area contributed by atoms with Crippen molar-refractivity contribution in [2.45, 2.75) is 32.2 Å².